The Morgan fingerprint density at radius 2 is 1.85 bits per heavy atom. The molecule has 0 aromatic heterocycles. The van der Waals surface area contributed by atoms with Crippen LogP contribution in [0.4, 0.5) is 5.69 Å². The second kappa shape index (κ2) is 5.88. The largest absolute Gasteiger partial charge is 0.496 e. The first-order valence-electron chi connectivity index (χ1n) is 6.91. The predicted molar refractivity (Wildman–Crippen MR) is 86.5 cm³/mol. The summed E-state index contributed by atoms with van der Waals surface area (Å²) in [6, 6.07) is 17.5. The van der Waals surface area contributed by atoms with Crippen molar-refractivity contribution >= 4 is 21.6 Å². The van der Waals surface area contributed by atoms with E-state index in [1.54, 1.807) is 7.11 Å². The summed E-state index contributed by atoms with van der Waals surface area (Å²) in [7, 11) is 1.68. The van der Waals surface area contributed by atoms with E-state index in [9.17, 15) is 0 Å². The van der Waals surface area contributed by atoms with E-state index in [1.807, 2.05) is 6.07 Å². The van der Waals surface area contributed by atoms with Gasteiger partial charge in [-0.1, -0.05) is 30.3 Å². The molecule has 1 aliphatic rings. The zero-order valence-electron chi connectivity index (χ0n) is 11.5. The van der Waals surface area contributed by atoms with Crippen molar-refractivity contribution in [3.05, 3.63) is 58.6 Å². The molecule has 104 valence electrons. The minimum absolute atomic E-state index is 0.570. The summed E-state index contributed by atoms with van der Waals surface area (Å²) >= 11 is 3.52. The van der Waals surface area contributed by atoms with E-state index in [4.69, 9.17) is 4.74 Å². The van der Waals surface area contributed by atoms with E-state index in [-0.39, 0.29) is 0 Å². The van der Waals surface area contributed by atoms with E-state index in [1.165, 1.54) is 18.4 Å². The second-order valence-electron chi connectivity index (χ2n) is 5.27. The van der Waals surface area contributed by atoms with Gasteiger partial charge in [0.25, 0.3) is 0 Å². The molecule has 1 saturated carbocycles. The fourth-order valence-electron chi connectivity index (χ4n) is 2.72. The number of hydrogen-bond acceptors (Lipinski definition) is 2. The third-order valence-electron chi connectivity index (χ3n) is 3.93. The highest BCUT2D eigenvalue weighted by molar-refractivity contribution is 9.10. The van der Waals surface area contributed by atoms with Crippen LogP contribution in [-0.2, 0) is 0 Å². The highest BCUT2D eigenvalue weighted by Crippen LogP contribution is 2.39. The van der Waals surface area contributed by atoms with E-state index < -0.39 is 0 Å². The molecule has 0 saturated heterocycles. The molecule has 20 heavy (non-hydrogen) atoms. The van der Waals surface area contributed by atoms with Crippen LogP contribution in [0.25, 0.3) is 0 Å². The van der Waals surface area contributed by atoms with E-state index >= 15 is 0 Å². The number of anilines is 1. The smallest absolute Gasteiger partial charge is 0.133 e. The molecule has 3 heteroatoms. The fourth-order valence-corrected chi connectivity index (χ4v) is 3.27. The summed E-state index contributed by atoms with van der Waals surface area (Å²) in [5.41, 5.74) is 2.61. The summed E-state index contributed by atoms with van der Waals surface area (Å²) in [6.45, 7) is 0. The van der Waals surface area contributed by atoms with E-state index in [0.29, 0.717) is 12.0 Å². The molecule has 0 bridgehead atoms. The van der Waals surface area contributed by atoms with Crippen LogP contribution >= 0.6 is 15.9 Å². The molecule has 0 radical (unpaired) electrons. The Morgan fingerprint density at radius 1 is 1.10 bits per heavy atom. The molecule has 2 nitrogen and oxygen atoms in total. The van der Waals surface area contributed by atoms with Crippen LogP contribution in [0.5, 0.6) is 5.75 Å². The zero-order chi connectivity index (χ0) is 13.9. The van der Waals surface area contributed by atoms with Gasteiger partial charge in [0.15, 0.2) is 0 Å². The van der Waals surface area contributed by atoms with Crippen LogP contribution in [0.15, 0.2) is 53.0 Å². The van der Waals surface area contributed by atoms with Crippen LogP contribution in [0.2, 0.25) is 0 Å². The summed E-state index contributed by atoms with van der Waals surface area (Å²) < 4.78 is 6.24. The minimum Gasteiger partial charge on any atom is -0.496 e. The zero-order valence-corrected chi connectivity index (χ0v) is 13.1. The molecule has 0 spiro atoms. The van der Waals surface area contributed by atoms with Crippen molar-refractivity contribution in [3.63, 3.8) is 0 Å². The molecule has 1 aliphatic carbocycles. The Bertz CT molecular complexity index is 579. The summed E-state index contributed by atoms with van der Waals surface area (Å²) in [4.78, 5) is 0. The SMILES string of the molecule is COc1ccc(NC2CC(c3ccccc3)C2)cc1Br. The second-order valence-corrected chi connectivity index (χ2v) is 6.12. The molecular formula is C17H18BrNO. The lowest BCUT2D eigenvalue weighted by Crippen LogP contribution is -2.33. The highest BCUT2D eigenvalue weighted by atomic mass is 79.9. The highest BCUT2D eigenvalue weighted by Gasteiger charge is 2.29. The first-order chi connectivity index (χ1) is 9.76. The number of nitrogens with one attached hydrogen (secondary N) is 1. The lowest BCUT2D eigenvalue weighted by Gasteiger charge is -2.37. The summed E-state index contributed by atoms with van der Waals surface area (Å²) in [5.74, 6) is 1.57. The van der Waals surface area contributed by atoms with Crippen LogP contribution < -0.4 is 10.1 Å². The molecule has 0 heterocycles. The molecule has 2 aromatic rings. The summed E-state index contributed by atoms with van der Waals surface area (Å²) in [6.07, 6.45) is 2.40. The van der Waals surface area contributed by atoms with Crippen LogP contribution in [0, 0.1) is 0 Å². The average molecular weight is 332 g/mol. The third kappa shape index (κ3) is 2.83. The van der Waals surface area contributed by atoms with Gasteiger partial charge in [-0.25, -0.2) is 0 Å². The van der Waals surface area contributed by atoms with Crippen molar-refractivity contribution in [2.24, 2.45) is 0 Å². The Hall–Kier alpha value is -1.48. The number of rotatable bonds is 4. The first kappa shape index (κ1) is 13.5. The van der Waals surface area contributed by atoms with Gasteiger partial charge < -0.3 is 10.1 Å². The van der Waals surface area contributed by atoms with Crippen molar-refractivity contribution < 1.29 is 4.74 Å². The maximum atomic E-state index is 5.25. The lowest BCUT2D eigenvalue weighted by molar-refractivity contribution is 0.374. The Morgan fingerprint density at radius 3 is 2.50 bits per heavy atom. The Labute approximate surface area is 128 Å². The van der Waals surface area contributed by atoms with Gasteiger partial charge in [-0.3, -0.25) is 0 Å². The molecule has 1 N–H and O–H groups in total. The number of halogens is 1. The average Bonchev–Trinajstić information content (AvgIpc) is 2.43. The van der Waals surface area contributed by atoms with Crippen LogP contribution in [0.3, 0.4) is 0 Å². The van der Waals surface area contributed by atoms with Crippen molar-refractivity contribution in [3.8, 4) is 5.75 Å². The van der Waals surface area contributed by atoms with E-state index in [0.717, 1.165) is 15.9 Å². The van der Waals surface area contributed by atoms with Gasteiger partial charge in [0, 0.05) is 11.7 Å². The number of hydrogen-bond donors (Lipinski definition) is 1. The van der Waals surface area contributed by atoms with Crippen molar-refractivity contribution in [1.82, 2.24) is 0 Å². The molecular weight excluding hydrogens is 314 g/mol. The summed E-state index contributed by atoms with van der Waals surface area (Å²) in [5, 5.41) is 3.58. The fraction of sp³-hybridized carbons (Fsp3) is 0.294. The minimum atomic E-state index is 0.570. The molecule has 0 aliphatic heterocycles. The number of benzene rings is 2. The van der Waals surface area contributed by atoms with Crippen molar-refractivity contribution in [2.45, 2.75) is 24.8 Å². The molecule has 1 fully saturated rings. The topological polar surface area (TPSA) is 21.3 Å². The van der Waals surface area contributed by atoms with Gasteiger partial charge in [0.05, 0.1) is 11.6 Å². The van der Waals surface area contributed by atoms with Gasteiger partial charge in [-0.05, 0) is 58.5 Å². The first-order valence-corrected chi connectivity index (χ1v) is 7.70. The van der Waals surface area contributed by atoms with Gasteiger partial charge >= 0.3 is 0 Å². The maximum Gasteiger partial charge on any atom is 0.133 e. The van der Waals surface area contributed by atoms with Crippen LogP contribution in [0.1, 0.15) is 24.3 Å². The third-order valence-corrected chi connectivity index (χ3v) is 4.55. The van der Waals surface area contributed by atoms with Gasteiger partial charge in [0.1, 0.15) is 5.75 Å². The molecule has 0 unspecified atom stereocenters. The molecule has 0 atom stereocenters. The molecule has 2 aromatic carbocycles. The van der Waals surface area contributed by atoms with Crippen molar-refractivity contribution in [2.75, 3.05) is 12.4 Å². The lowest BCUT2D eigenvalue weighted by atomic mass is 9.76. The number of ether oxygens (including phenoxy) is 1. The van der Waals surface area contributed by atoms with Crippen molar-refractivity contribution in [1.29, 1.82) is 0 Å². The maximum absolute atomic E-state index is 5.25. The monoisotopic (exact) mass is 331 g/mol. The predicted octanol–water partition coefficient (Wildman–Crippen LogP) is 4.82. The van der Waals surface area contributed by atoms with Gasteiger partial charge in [0.2, 0.25) is 0 Å². The Balaban J connectivity index is 1.58. The Kier molecular flexibility index (Phi) is 3.97. The van der Waals surface area contributed by atoms with Gasteiger partial charge in [-0.15, -0.1) is 0 Å². The molecule has 0 amide bonds. The normalized spacial score (nSPS) is 21.1. The van der Waals surface area contributed by atoms with E-state index in [2.05, 4.69) is 63.7 Å². The quantitative estimate of drug-likeness (QED) is 0.867. The van der Waals surface area contributed by atoms with Crippen LogP contribution in [-0.4, -0.2) is 13.2 Å². The molecule has 3 rings (SSSR count). The standard InChI is InChI=1S/C17H18BrNO/c1-20-17-8-7-14(11-16(17)18)19-15-9-13(10-15)12-5-3-2-4-6-12/h2-8,11,13,15,19H,9-10H2,1H3. The number of methoxy groups -OCH3 is 1. The van der Waals surface area contributed by atoms with Gasteiger partial charge in [-0.2, -0.15) is 0 Å².